The molecule has 0 aromatic carbocycles. The van der Waals surface area contributed by atoms with Gasteiger partial charge in [-0.05, 0) is 19.3 Å². The molecule has 3 N–H and O–H groups in total. The lowest BCUT2D eigenvalue weighted by Gasteiger charge is -2.13. The Hall–Kier alpha value is -0.410. The molecule has 2 atom stereocenters. The molecule has 1 unspecified atom stereocenters. The summed E-state index contributed by atoms with van der Waals surface area (Å²) in [4.78, 5) is 11.2. The average molecular weight is 173 g/mol. The summed E-state index contributed by atoms with van der Waals surface area (Å²) in [6.07, 6.45) is 0.301. The number of aliphatic hydroxyl groups is 1. The number of Topliss-reactive ketones (excluding diaryl/α,β-unsaturated/α-hetero) is 1. The van der Waals surface area contributed by atoms with Crippen molar-refractivity contribution in [2.75, 3.05) is 0 Å². The van der Waals surface area contributed by atoms with Crippen LogP contribution in [0.1, 0.15) is 33.6 Å². The third-order valence-corrected chi connectivity index (χ3v) is 1.64. The van der Waals surface area contributed by atoms with Crippen molar-refractivity contribution in [3.8, 4) is 0 Å². The average Bonchev–Trinajstić information content (AvgIpc) is 1.84. The highest BCUT2D eigenvalue weighted by Crippen LogP contribution is 2.06. The maximum absolute atomic E-state index is 11.2. The standard InChI is InChI=1S/C9H19NO2/c1-6(2)4-8(10)9(12)5-7(3)11/h6-8,11H,4-5,10H2,1-3H3/t7?,8-/m0/s1. The van der Waals surface area contributed by atoms with E-state index in [0.29, 0.717) is 12.3 Å². The van der Waals surface area contributed by atoms with Gasteiger partial charge in [-0.2, -0.15) is 0 Å². The Morgan fingerprint density at radius 2 is 1.92 bits per heavy atom. The first-order valence-corrected chi connectivity index (χ1v) is 4.39. The van der Waals surface area contributed by atoms with Crippen LogP contribution < -0.4 is 5.73 Å². The Morgan fingerprint density at radius 1 is 1.42 bits per heavy atom. The number of nitrogens with two attached hydrogens (primary N) is 1. The molecule has 12 heavy (non-hydrogen) atoms. The van der Waals surface area contributed by atoms with Gasteiger partial charge in [-0.25, -0.2) is 0 Å². The second kappa shape index (κ2) is 5.27. The zero-order valence-electron chi connectivity index (χ0n) is 8.08. The third kappa shape index (κ3) is 5.27. The molecule has 0 saturated carbocycles. The number of hydrogen-bond acceptors (Lipinski definition) is 3. The van der Waals surface area contributed by atoms with Gasteiger partial charge in [0, 0.05) is 6.42 Å². The zero-order chi connectivity index (χ0) is 9.72. The van der Waals surface area contributed by atoms with E-state index in [2.05, 4.69) is 0 Å². The Balaban J connectivity index is 3.77. The fourth-order valence-electron chi connectivity index (χ4n) is 1.08. The summed E-state index contributed by atoms with van der Waals surface area (Å²) in [6.45, 7) is 5.64. The molecule has 0 amide bonds. The minimum Gasteiger partial charge on any atom is -0.393 e. The lowest BCUT2D eigenvalue weighted by molar-refractivity contribution is -0.122. The lowest BCUT2D eigenvalue weighted by atomic mass is 9.98. The van der Waals surface area contributed by atoms with E-state index >= 15 is 0 Å². The molecule has 0 rings (SSSR count). The molecule has 72 valence electrons. The number of carbonyl (C=O) groups is 1. The Morgan fingerprint density at radius 3 is 2.25 bits per heavy atom. The molecule has 0 radical (unpaired) electrons. The summed E-state index contributed by atoms with van der Waals surface area (Å²) in [6, 6.07) is -0.403. The molecule has 0 spiro atoms. The van der Waals surface area contributed by atoms with Crippen LogP contribution in [0.25, 0.3) is 0 Å². The second-order valence-corrected chi connectivity index (χ2v) is 3.76. The van der Waals surface area contributed by atoms with Gasteiger partial charge in [-0.1, -0.05) is 13.8 Å². The van der Waals surface area contributed by atoms with E-state index < -0.39 is 12.1 Å². The Labute approximate surface area is 74.0 Å². The molecule has 0 bridgehead atoms. The van der Waals surface area contributed by atoms with Crippen molar-refractivity contribution in [1.29, 1.82) is 0 Å². The SMILES string of the molecule is CC(C)C[C@H](N)C(=O)CC(C)O. The van der Waals surface area contributed by atoms with E-state index in [1.54, 1.807) is 6.92 Å². The molecule has 0 aromatic heterocycles. The number of carbonyl (C=O) groups excluding carboxylic acids is 1. The van der Waals surface area contributed by atoms with Crippen molar-refractivity contribution in [2.24, 2.45) is 11.7 Å². The smallest absolute Gasteiger partial charge is 0.152 e. The van der Waals surface area contributed by atoms with Gasteiger partial charge in [0.05, 0.1) is 12.1 Å². The maximum atomic E-state index is 11.2. The summed E-state index contributed by atoms with van der Waals surface area (Å²) in [5, 5.41) is 8.93. The van der Waals surface area contributed by atoms with E-state index in [1.165, 1.54) is 0 Å². The van der Waals surface area contributed by atoms with E-state index in [0.717, 1.165) is 0 Å². The van der Waals surface area contributed by atoms with Crippen molar-refractivity contribution in [1.82, 2.24) is 0 Å². The van der Waals surface area contributed by atoms with Crippen LogP contribution >= 0.6 is 0 Å². The van der Waals surface area contributed by atoms with Gasteiger partial charge < -0.3 is 10.8 Å². The van der Waals surface area contributed by atoms with Crippen LogP contribution in [-0.4, -0.2) is 23.0 Å². The maximum Gasteiger partial charge on any atom is 0.152 e. The van der Waals surface area contributed by atoms with Crippen molar-refractivity contribution in [3.63, 3.8) is 0 Å². The van der Waals surface area contributed by atoms with E-state index in [1.807, 2.05) is 13.8 Å². The van der Waals surface area contributed by atoms with Crippen LogP contribution in [-0.2, 0) is 4.79 Å². The first-order valence-electron chi connectivity index (χ1n) is 4.39. The van der Waals surface area contributed by atoms with Gasteiger partial charge in [-0.15, -0.1) is 0 Å². The second-order valence-electron chi connectivity index (χ2n) is 3.76. The summed E-state index contributed by atoms with van der Waals surface area (Å²) in [7, 11) is 0. The van der Waals surface area contributed by atoms with E-state index in [9.17, 15) is 4.79 Å². The van der Waals surface area contributed by atoms with Crippen LogP contribution in [0.15, 0.2) is 0 Å². The van der Waals surface area contributed by atoms with Crippen molar-refractivity contribution in [2.45, 2.75) is 45.8 Å². The van der Waals surface area contributed by atoms with Gasteiger partial charge in [0.2, 0.25) is 0 Å². The summed E-state index contributed by atoms with van der Waals surface area (Å²) in [5.74, 6) is 0.386. The van der Waals surface area contributed by atoms with Gasteiger partial charge in [-0.3, -0.25) is 4.79 Å². The van der Waals surface area contributed by atoms with Crippen LogP contribution in [0.2, 0.25) is 0 Å². The highest BCUT2D eigenvalue weighted by molar-refractivity contribution is 5.84. The predicted molar refractivity (Wildman–Crippen MR) is 48.7 cm³/mol. The molecule has 3 nitrogen and oxygen atoms in total. The fourth-order valence-corrected chi connectivity index (χ4v) is 1.08. The van der Waals surface area contributed by atoms with Crippen LogP contribution in [0.5, 0.6) is 0 Å². The van der Waals surface area contributed by atoms with Gasteiger partial charge in [0.25, 0.3) is 0 Å². The molecule has 0 aliphatic carbocycles. The van der Waals surface area contributed by atoms with Gasteiger partial charge >= 0.3 is 0 Å². The Bertz CT molecular complexity index is 143. The monoisotopic (exact) mass is 173 g/mol. The van der Waals surface area contributed by atoms with E-state index in [-0.39, 0.29) is 12.2 Å². The summed E-state index contributed by atoms with van der Waals surface area (Å²) in [5.41, 5.74) is 5.61. The summed E-state index contributed by atoms with van der Waals surface area (Å²) < 4.78 is 0. The first-order chi connectivity index (χ1) is 5.43. The molecule has 0 fully saturated rings. The van der Waals surface area contributed by atoms with Crippen molar-refractivity contribution >= 4 is 5.78 Å². The quantitative estimate of drug-likeness (QED) is 0.643. The molecule has 3 heteroatoms. The molecule has 0 aliphatic heterocycles. The van der Waals surface area contributed by atoms with E-state index in [4.69, 9.17) is 10.8 Å². The number of aliphatic hydroxyl groups excluding tert-OH is 1. The molecule has 0 aliphatic rings. The fraction of sp³-hybridized carbons (Fsp3) is 0.889. The molecular formula is C9H19NO2. The van der Waals surface area contributed by atoms with Gasteiger partial charge in [0.1, 0.15) is 0 Å². The highest BCUT2D eigenvalue weighted by atomic mass is 16.3. The summed E-state index contributed by atoms with van der Waals surface area (Å²) >= 11 is 0. The van der Waals surface area contributed by atoms with Gasteiger partial charge in [0.15, 0.2) is 5.78 Å². The molecule has 0 aromatic rings. The molecular weight excluding hydrogens is 154 g/mol. The number of hydrogen-bond donors (Lipinski definition) is 2. The zero-order valence-corrected chi connectivity index (χ0v) is 8.08. The largest absolute Gasteiger partial charge is 0.393 e. The topological polar surface area (TPSA) is 63.3 Å². The lowest BCUT2D eigenvalue weighted by Crippen LogP contribution is -2.33. The highest BCUT2D eigenvalue weighted by Gasteiger charge is 2.16. The molecule has 0 heterocycles. The van der Waals surface area contributed by atoms with Crippen LogP contribution in [0.4, 0.5) is 0 Å². The third-order valence-electron chi connectivity index (χ3n) is 1.64. The van der Waals surface area contributed by atoms with Crippen molar-refractivity contribution < 1.29 is 9.90 Å². The molecule has 0 saturated heterocycles. The normalized spacial score (nSPS) is 16.2. The first kappa shape index (κ1) is 11.6. The van der Waals surface area contributed by atoms with Crippen molar-refractivity contribution in [3.05, 3.63) is 0 Å². The predicted octanol–water partition coefficient (Wildman–Crippen LogP) is 0.700. The minimum absolute atomic E-state index is 0.0429. The number of ketones is 1. The minimum atomic E-state index is -0.573. The van der Waals surface area contributed by atoms with Crippen LogP contribution in [0.3, 0.4) is 0 Å². The van der Waals surface area contributed by atoms with Crippen LogP contribution in [0, 0.1) is 5.92 Å². The Kier molecular flexibility index (Phi) is 5.09. The number of rotatable bonds is 5.